The van der Waals surface area contributed by atoms with E-state index in [0.717, 1.165) is 37.6 Å². The minimum absolute atomic E-state index is 0.00972. The Morgan fingerprint density at radius 1 is 0.920 bits per heavy atom. The van der Waals surface area contributed by atoms with Crippen LogP contribution in [0.25, 0.3) is 0 Å². The van der Waals surface area contributed by atoms with Crippen LogP contribution >= 0.6 is 0 Å². The van der Waals surface area contributed by atoms with Crippen LogP contribution in [0.2, 0.25) is 0 Å². The van der Waals surface area contributed by atoms with Gasteiger partial charge in [-0.3, -0.25) is 14.4 Å². The highest BCUT2D eigenvalue weighted by molar-refractivity contribution is 6.28. The predicted molar refractivity (Wildman–Crippen MR) is 97.4 cm³/mol. The van der Waals surface area contributed by atoms with Gasteiger partial charge in [-0.1, -0.05) is 20.8 Å². The van der Waals surface area contributed by atoms with E-state index >= 15 is 0 Å². The highest BCUT2D eigenvalue weighted by Crippen LogP contribution is 2.20. The fraction of sp³-hybridized carbons (Fsp3) is 0.421. The van der Waals surface area contributed by atoms with E-state index in [1.54, 1.807) is 24.3 Å². The van der Waals surface area contributed by atoms with Gasteiger partial charge in [-0.25, -0.2) is 4.90 Å². The van der Waals surface area contributed by atoms with E-state index in [9.17, 15) is 14.4 Å². The van der Waals surface area contributed by atoms with Crippen LogP contribution in [0.1, 0.15) is 31.1 Å². The molecule has 6 heteroatoms. The molecule has 2 aliphatic heterocycles. The summed E-state index contributed by atoms with van der Waals surface area (Å²) in [5.41, 5.74) is 1.06. The third-order valence-electron chi connectivity index (χ3n) is 4.29. The second-order valence-electron chi connectivity index (χ2n) is 5.62. The van der Waals surface area contributed by atoms with E-state index in [4.69, 9.17) is 0 Å². The van der Waals surface area contributed by atoms with Crippen molar-refractivity contribution in [2.24, 2.45) is 0 Å². The molecule has 3 amide bonds. The Hall–Kier alpha value is -2.47. The monoisotopic (exact) mass is 343 g/mol. The van der Waals surface area contributed by atoms with Crippen molar-refractivity contribution in [3.8, 4) is 0 Å². The second kappa shape index (κ2) is 8.58. The summed E-state index contributed by atoms with van der Waals surface area (Å²) in [6.45, 7) is 10.4. The lowest BCUT2D eigenvalue weighted by molar-refractivity contribution is -0.119. The molecule has 1 saturated heterocycles. The molecular weight excluding hydrogens is 318 g/mol. The Labute approximate surface area is 148 Å². The zero-order valence-corrected chi connectivity index (χ0v) is 15.1. The Kier molecular flexibility index (Phi) is 6.47. The van der Waals surface area contributed by atoms with Crippen LogP contribution in [-0.2, 0) is 9.59 Å². The summed E-state index contributed by atoms with van der Waals surface area (Å²) in [6, 6.07) is 6.61. The number of imide groups is 1. The van der Waals surface area contributed by atoms with Gasteiger partial charge >= 0.3 is 0 Å². The molecule has 0 bridgehead atoms. The molecule has 1 fully saturated rings. The van der Waals surface area contributed by atoms with Crippen molar-refractivity contribution in [3.05, 3.63) is 42.0 Å². The summed E-state index contributed by atoms with van der Waals surface area (Å²) in [5, 5.41) is 0. The van der Waals surface area contributed by atoms with E-state index in [2.05, 4.69) is 11.8 Å². The summed E-state index contributed by atoms with van der Waals surface area (Å²) in [4.78, 5) is 41.0. The van der Waals surface area contributed by atoms with Gasteiger partial charge in [-0.05, 0) is 30.8 Å². The first-order chi connectivity index (χ1) is 12.1. The molecule has 0 unspecified atom stereocenters. The molecule has 0 aromatic heterocycles. The van der Waals surface area contributed by atoms with E-state index in [0.29, 0.717) is 11.3 Å². The second-order valence-corrected chi connectivity index (χ2v) is 5.62. The van der Waals surface area contributed by atoms with E-state index < -0.39 is 0 Å². The van der Waals surface area contributed by atoms with Crippen LogP contribution in [0.3, 0.4) is 0 Å². The number of amides is 3. The van der Waals surface area contributed by atoms with Crippen LogP contribution in [0.15, 0.2) is 36.4 Å². The van der Waals surface area contributed by atoms with E-state index in [1.165, 1.54) is 12.2 Å². The van der Waals surface area contributed by atoms with Gasteiger partial charge < -0.3 is 9.80 Å². The zero-order valence-electron chi connectivity index (χ0n) is 15.1. The number of hydrogen-bond donors (Lipinski definition) is 0. The number of anilines is 1. The number of carbonyl (C=O) groups excluding carboxylic acids is 3. The third-order valence-corrected chi connectivity index (χ3v) is 4.29. The van der Waals surface area contributed by atoms with Crippen LogP contribution < -0.4 is 4.90 Å². The molecule has 6 nitrogen and oxygen atoms in total. The Bertz CT molecular complexity index is 641. The summed E-state index contributed by atoms with van der Waals surface area (Å²) in [7, 11) is 0. The predicted octanol–water partition coefficient (Wildman–Crippen LogP) is 1.92. The van der Waals surface area contributed by atoms with Crippen molar-refractivity contribution in [2.45, 2.75) is 20.8 Å². The summed E-state index contributed by atoms with van der Waals surface area (Å²) >= 11 is 0. The Morgan fingerprint density at radius 2 is 1.44 bits per heavy atom. The lowest BCUT2D eigenvalue weighted by Gasteiger charge is -2.34. The average Bonchev–Trinajstić information content (AvgIpc) is 3.01. The van der Waals surface area contributed by atoms with Crippen molar-refractivity contribution in [3.63, 3.8) is 0 Å². The first-order valence-electron chi connectivity index (χ1n) is 8.78. The Balaban J connectivity index is 0.00000109. The molecule has 0 spiro atoms. The molecule has 1 aromatic carbocycles. The maximum absolute atomic E-state index is 12.5. The summed E-state index contributed by atoms with van der Waals surface area (Å²) in [5.74, 6) is -0.723. The highest BCUT2D eigenvalue weighted by atomic mass is 16.2. The third kappa shape index (κ3) is 4.14. The van der Waals surface area contributed by atoms with Gasteiger partial charge in [-0.15, -0.1) is 0 Å². The molecule has 0 atom stereocenters. The minimum atomic E-state index is -0.357. The number of carbonyl (C=O) groups is 3. The number of nitrogens with zero attached hydrogens (tertiary/aromatic N) is 3. The molecule has 2 aliphatic rings. The lowest BCUT2D eigenvalue weighted by Crippen LogP contribution is -2.48. The summed E-state index contributed by atoms with van der Waals surface area (Å²) in [6.07, 6.45) is 2.49. The van der Waals surface area contributed by atoms with E-state index in [-0.39, 0.29) is 17.7 Å². The first-order valence-corrected chi connectivity index (χ1v) is 8.78. The molecule has 0 aliphatic carbocycles. The van der Waals surface area contributed by atoms with Crippen LogP contribution in [-0.4, -0.2) is 60.2 Å². The zero-order chi connectivity index (χ0) is 18.4. The molecule has 0 radical (unpaired) electrons. The van der Waals surface area contributed by atoms with Gasteiger partial charge in [0.1, 0.15) is 0 Å². The average molecular weight is 343 g/mol. The van der Waals surface area contributed by atoms with E-state index in [1.807, 2.05) is 18.7 Å². The van der Waals surface area contributed by atoms with Crippen molar-refractivity contribution in [2.75, 3.05) is 37.6 Å². The normalized spacial score (nSPS) is 17.6. The minimum Gasteiger partial charge on any atom is -0.336 e. The SMILES string of the molecule is CC.CCN1CCN(C(=O)c2ccc(N3C(=O)C=CC3=O)cc2)CC1. The molecular formula is C19H25N3O3. The fourth-order valence-electron chi connectivity index (χ4n) is 2.86. The van der Waals surface area contributed by atoms with Crippen molar-refractivity contribution < 1.29 is 14.4 Å². The van der Waals surface area contributed by atoms with Gasteiger partial charge in [-0.2, -0.15) is 0 Å². The Morgan fingerprint density at radius 3 is 1.92 bits per heavy atom. The topological polar surface area (TPSA) is 60.9 Å². The number of hydrogen-bond acceptors (Lipinski definition) is 4. The quantitative estimate of drug-likeness (QED) is 0.787. The molecule has 1 aromatic rings. The van der Waals surface area contributed by atoms with Crippen LogP contribution in [0.4, 0.5) is 5.69 Å². The molecule has 134 valence electrons. The van der Waals surface area contributed by atoms with Gasteiger partial charge in [0.15, 0.2) is 0 Å². The van der Waals surface area contributed by atoms with Crippen LogP contribution in [0.5, 0.6) is 0 Å². The van der Waals surface area contributed by atoms with Crippen molar-refractivity contribution in [1.29, 1.82) is 0 Å². The van der Waals surface area contributed by atoms with Gasteiger partial charge in [0, 0.05) is 43.9 Å². The molecule has 2 heterocycles. The van der Waals surface area contributed by atoms with Gasteiger partial charge in [0.25, 0.3) is 17.7 Å². The van der Waals surface area contributed by atoms with Crippen molar-refractivity contribution >= 4 is 23.4 Å². The molecule has 0 saturated carbocycles. The number of benzene rings is 1. The number of rotatable bonds is 3. The fourth-order valence-corrected chi connectivity index (χ4v) is 2.86. The van der Waals surface area contributed by atoms with Gasteiger partial charge in [0.2, 0.25) is 0 Å². The summed E-state index contributed by atoms with van der Waals surface area (Å²) < 4.78 is 0. The number of likely N-dealkylation sites (N-methyl/N-ethyl adjacent to an activating group) is 1. The largest absolute Gasteiger partial charge is 0.336 e. The maximum Gasteiger partial charge on any atom is 0.258 e. The smallest absolute Gasteiger partial charge is 0.258 e. The first kappa shape index (κ1) is 18.9. The molecule has 0 N–H and O–H groups in total. The molecule has 25 heavy (non-hydrogen) atoms. The lowest BCUT2D eigenvalue weighted by atomic mass is 10.1. The number of piperazine rings is 1. The van der Waals surface area contributed by atoms with Crippen molar-refractivity contribution in [1.82, 2.24) is 9.80 Å². The molecule has 3 rings (SSSR count). The highest BCUT2D eigenvalue weighted by Gasteiger charge is 2.26. The van der Waals surface area contributed by atoms with Crippen LogP contribution in [0, 0.1) is 0 Å². The standard InChI is InChI=1S/C17H19N3O3.C2H6/c1-2-18-9-11-19(12-10-18)17(23)13-3-5-14(6-4-13)20-15(21)7-8-16(20)22;1-2/h3-8H,2,9-12H2,1H3;1-2H3. The van der Waals surface area contributed by atoms with Gasteiger partial charge in [0.05, 0.1) is 5.69 Å². The maximum atomic E-state index is 12.5.